The number of aromatic nitrogens is 2. The van der Waals surface area contributed by atoms with Crippen molar-refractivity contribution in [1.82, 2.24) is 14.9 Å². The van der Waals surface area contributed by atoms with E-state index in [9.17, 15) is 14.7 Å². The number of hydrogen-bond donors (Lipinski definition) is 3. The van der Waals surface area contributed by atoms with Crippen LogP contribution in [-0.2, 0) is 6.54 Å². The van der Waals surface area contributed by atoms with Crippen LogP contribution in [0.2, 0.25) is 0 Å². The minimum Gasteiger partial charge on any atom is -0.396 e. The molecule has 1 saturated heterocycles. The van der Waals surface area contributed by atoms with Crippen molar-refractivity contribution < 1.29 is 5.11 Å². The Morgan fingerprint density at radius 2 is 2.20 bits per heavy atom. The first kappa shape index (κ1) is 15.0. The normalized spacial score (nSPS) is 23.9. The minimum absolute atomic E-state index is 0.0332. The maximum atomic E-state index is 11.3. The van der Waals surface area contributed by atoms with Gasteiger partial charge in [-0.05, 0) is 25.8 Å². The Bertz CT molecular complexity index is 519. The maximum Gasteiger partial charge on any atom is 0.325 e. The second-order valence-corrected chi connectivity index (χ2v) is 5.84. The van der Waals surface area contributed by atoms with Gasteiger partial charge in [0.25, 0.3) is 5.56 Å². The molecule has 0 radical (unpaired) electrons. The van der Waals surface area contributed by atoms with Crippen molar-refractivity contribution >= 4 is 0 Å². The summed E-state index contributed by atoms with van der Waals surface area (Å²) in [5.74, 6) is 0. The highest BCUT2D eigenvalue weighted by Gasteiger charge is 2.34. The van der Waals surface area contributed by atoms with E-state index in [0.29, 0.717) is 12.2 Å². The third-order valence-electron chi connectivity index (χ3n) is 4.07. The fourth-order valence-corrected chi connectivity index (χ4v) is 3.23. The van der Waals surface area contributed by atoms with Crippen molar-refractivity contribution in [2.24, 2.45) is 5.41 Å². The highest BCUT2D eigenvalue weighted by molar-refractivity contribution is 4.99. The summed E-state index contributed by atoms with van der Waals surface area (Å²) in [5.41, 5.74) is -0.243. The molecule has 0 amide bonds. The summed E-state index contributed by atoms with van der Waals surface area (Å²) in [6, 6.07) is 1.43. The maximum absolute atomic E-state index is 11.3. The second-order valence-electron chi connectivity index (χ2n) is 5.84. The van der Waals surface area contributed by atoms with Crippen LogP contribution in [0.4, 0.5) is 0 Å². The minimum atomic E-state index is -0.466. The number of likely N-dealkylation sites (tertiary alicyclic amines) is 1. The Labute approximate surface area is 117 Å². The average Bonchev–Trinajstić information content (AvgIpc) is 2.38. The summed E-state index contributed by atoms with van der Waals surface area (Å²) >= 11 is 0. The fourth-order valence-electron chi connectivity index (χ4n) is 3.23. The van der Waals surface area contributed by atoms with E-state index in [-0.39, 0.29) is 17.6 Å². The van der Waals surface area contributed by atoms with Gasteiger partial charge >= 0.3 is 5.69 Å². The second kappa shape index (κ2) is 6.37. The Morgan fingerprint density at radius 3 is 2.85 bits per heavy atom. The van der Waals surface area contributed by atoms with Gasteiger partial charge in [0.15, 0.2) is 0 Å². The van der Waals surface area contributed by atoms with Crippen LogP contribution in [0.3, 0.4) is 0 Å². The number of aliphatic hydroxyl groups is 1. The molecule has 1 aliphatic rings. The molecule has 0 aromatic carbocycles. The summed E-state index contributed by atoms with van der Waals surface area (Å²) in [7, 11) is 0. The third-order valence-corrected chi connectivity index (χ3v) is 4.07. The zero-order valence-corrected chi connectivity index (χ0v) is 11.9. The van der Waals surface area contributed by atoms with Gasteiger partial charge in [0.05, 0.1) is 0 Å². The Morgan fingerprint density at radius 1 is 1.40 bits per heavy atom. The number of nitrogens with zero attached hydrogens (tertiary/aromatic N) is 1. The van der Waals surface area contributed by atoms with Gasteiger partial charge < -0.3 is 10.1 Å². The van der Waals surface area contributed by atoms with E-state index in [0.717, 1.165) is 38.8 Å². The van der Waals surface area contributed by atoms with Crippen molar-refractivity contribution in [2.45, 2.75) is 39.2 Å². The molecule has 6 nitrogen and oxygen atoms in total. The highest BCUT2D eigenvalue weighted by Crippen LogP contribution is 2.34. The predicted molar refractivity (Wildman–Crippen MR) is 76.6 cm³/mol. The third kappa shape index (κ3) is 3.58. The van der Waals surface area contributed by atoms with E-state index in [1.54, 1.807) is 0 Å². The van der Waals surface area contributed by atoms with Gasteiger partial charge in [0.1, 0.15) is 0 Å². The summed E-state index contributed by atoms with van der Waals surface area (Å²) in [6.45, 7) is 4.62. The monoisotopic (exact) mass is 281 g/mol. The standard InChI is InChI=1S/C14H23N3O3/c1-2-4-14(10-18)5-3-6-17(9-14)8-11-7-12(19)16-13(20)15-11/h7,18H,2-6,8-10H2,1H3,(H2,15,16,19,20)/t14-/m1/s1. The van der Waals surface area contributed by atoms with Gasteiger partial charge in [-0.25, -0.2) is 4.79 Å². The van der Waals surface area contributed by atoms with Crippen molar-refractivity contribution in [3.05, 3.63) is 32.6 Å². The lowest BCUT2D eigenvalue weighted by Crippen LogP contribution is -2.45. The van der Waals surface area contributed by atoms with Crippen LogP contribution in [0, 0.1) is 5.41 Å². The lowest BCUT2D eigenvalue weighted by molar-refractivity contribution is 0.0211. The van der Waals surface area contributed by atoms with Gasteiger partial charge in [0.2, 0.25) is 0 Å². The molecule has 1 atom stereocenters. The molecule has 0 bridgehead atoms. The highest BCUT2D eigenvalue weighted by atomic mass is 16.3. The van der Waals surface area contributed by atoms with Gasteiger partial charge in [-0.2, -0.15) is 0 Å². The molecule has 0 spiro atoms. The number of H-pyrrole nitrogens is 2. The van der Waals surface area contributed by atoms with E-state index in [2.05, 4.69) is 21.8 Å². The van der Waals surface area contributed by atoms with Gasteiger partial charge in [0, 0.05) is 36.9 Å². The Kier molecular flexibility index (Phi) is 4.77. The summed E-state index contributed by atoms with van der Waals surface area (Å²) in [5, 5.41) is 9.71. The van der Waals surface area contributed by atoms with Crippen LogP contribution in [0.25, 0.3) is 0 Å². The summed E-state index contributed by atoms with van der Waals surface area (Å²) in [6.07, 6.45) is 4.13. The first-order valence-electron chi connectivity index (χ1n) is 7.23. The van der Waals surface area contributed by atoms with Crippen molar-refractivity contribution in [1.29, 1.82) is 0 Å². The van der Waals surface area contributed by atoms with Crippen LogP contribution in [0.5, 0.6) is 0 Å². The van der Waals surface area contributed by atoms with Crippen molar-refractivity contribution in [3.63, 3.8) is 0 Å². The number of hydrogen-bond acceptors (Lipinski definition) is 4. The molecule has 1 aliphatic heterocycles. The number of aliphatic hydroxyl groups excluding tert-OH is 1. The van der Waals surface area contributed by atoms with Crippen LogP contribution in [0.15, 0.2) is 15.7 Å². The van der Waals surface area contributed by atoms with Crippen molar-refractivity contribution in [3.8, 4) is 0 Å². The number of piperidine rings is 1. The lowest BCUT2D eigenvalue weighted by Gasteiger charge is -2.41. The van der Waals surface area contributed by atoms with E-state index in [4.69, 9.17) is 0 Å². The fraction of sp³-hybridized carbons (Fsp3) is 0.714. The van der Waals surface area contributed by atoms with Crippen molar-refractivity contribution in [2.75, 3.05) is 19.7 Å². The smallest absolute Gasteiger partial charge is 0.325 e. The first-order chi connectivity index (χ1) is 9.57. The zero-order chi connectivity index (χ0) is 14.6. The molecule has 6 heteroatoms. The molecule has 20 heavy (non-hydrogen) atoms. The van der Waals surface area contributed by atoms with E-state index < -0.39 is 5.69 Å². The Hall–Kier alpha value is -1.40. The van der Waals surface area contributed by atoms with Gasteiger partial charge in [-0.3, -0.25) is 14.7 Å². The molecular formula is C14H23N3O3. The molecule has 1 aromatic heterocycles. The average molecular weight is 281 g/mol. The van der Waals surface area contributed by atoms with Gasteiger partial charge in [-0.1, -0.05) is 13.3 Å². The molecule has 2 heterocycles. The van der Waals surface area contributed by atoms with E-state index in [1.165, 1.54) is 6.07 Å². The van der Waals surface area contributed by atoms with Gasteiger partial charge in [-0.15, -0.1) is 0 Å². The van der Waals surface area contributed by atoms with Crippen LogP contribution in [-0.4, -0.2) is 39.7 Å². The van der Waals surface area contributed by atoms with E-state index >= 15 is 0 Å². The summed E-state index contributed by atoms with van der Waals surface area (Å²) in [4.78, 5) is 29.6. The van der Waals surface area contributed by atoms with Crippen LogP contribution >= 0.6 is 0 Å². The Balaban J connectivity index is 2.09. The molecule has 1 fully saturated rings. The SMILES string of the molecule is CCC[C@@]1(CO)CCCN(Cc2cc(=O)[nH]c(=O)[nH]2)C1. The lowest BCUT2D eigenvalue weighted by atomic mass is 9.77. The molecule has 1 aromatic rings. The topological polar surface area (TPSA) is 89.2 Å². The zero-order valence-electron chi connectivity index (χ0n) is 11.9. The largest absolute Gasteiger partial charge is 0.396 e. The summed E-state index contributed by atoms with van der Waals surface area (Å²) < 4.78 is 0. The molecule has 3 N–H and O–H groups in total. The molecule has 0 saturated carbocycles. The van der Waals surface area contributed by atoms with Crippen LogP contribution in [0.1, 0.15) is 38.3 Å². The van der Waals surface area contributed by atoms with Crippen LogP contribution < -0.4 is 11.2 Å². The number of nitrogens with one attached hydrogen (secondary N) is 2. The number of rotatable bonds is 5. The molecule has 2 rings (SSSR count). The predicted octanol–water partition coefficient (Wildman–Crippen LogP) is 0.438. The quantitative estimate of drug-likeness (QED) is 0.730. The molecular weight excluding hydrogens is 258 g/mol. The molecule has 0 unspecified atom stereocenters. The molecule has 112 valence electrons. The first-order valence-corrected chi connectivity index (χ1v) is 7.23. The number of aromatic amines is 2. The van der Waals surface area contributed by atoms with E-state index in [1.807, 2.05) is 0 Å². The molecule has 0 aliphatic carbocycles.